The van der Waals surface area contributed by atoms with Gasteiger partial charge in [0.2, 0.25) is 5.95 Å². The van der Waals surface area contributed by atoms with Crippen LogP contribution in [-0.4, -0.2) is 76.1 Å². The summed E-state index contributed by atoms with van der Waals surface area (Å²) in [7, 11) is 0. The highest BCUT2D eigenvalue weighted by Gasteiger charge is 2.51. The zero-order valence-corrected chi connectivity index (χ0v) is 24.0. The Labute approximate surface area is 237 Å². The summed E-state index contributed by atoms with van der Waals surface area (Å²) in [5.41, 5.74) is 10.9. The first-order valence-electron chi connectivity index (χ1n) is 11.6. The molecule has 19 nitrogen and oxygen atoms in total. The number of halogens is 1. The highest BCUT2D eigenvalue weighted by Crippen LogP contribution is 2.58. The fourth-order valence-corrected chi connectivity index (χ4v) is 6.82. The molecule has 6 heterocycles. The van der Waals surface area contributed by atoms with E-state index in [1.54, 1.807) is 0 Å². The van der Waals surface area contributed by atoms with Crippen molar-refractivity contribution in [3.63, 3.8) is 0 Å². The molecule has 4 aromatic heterocycles. The Hall–Kier alpha value is -2.68. The smallest absolute Gasteiger partial charge is 0.382 e. The van der Waals surface area contributed by atoms with E-state index in [1.807, 2.05) is 0 Å². The van der Waals surface area contributed by atoms with Crippen LogP contribution < -0.4 is 17.0 Å². The van der Waals surface area contributed by atoms with E-state index < -0.39 is 57.0 Å². The number of hydrogen-bond acceptors (Lipinski definition) is 16. The zero-order chi connectivity index (χ0) is 29.1. The molecule has 0 saturated carbocycles. The second-order valence-corrected chi connectivity index (χ2v) is 14.5. The molecule has 0 spiro atoms. The molecule has 2 aliphatic rings. The lowest BCUT2D eigenvalue weighted by Crippen LogP contribution is -2.32. The molecule has 24 heteroatoms. The predicted molar refractivity (Wildman–Crippen MR) is 144 cm³/mol. The number of nitrogens with two attached hydrogens (primary N) is 2. The molecule has 0 aliphatic carbocycles. The van der Waals surface area contributed by atoms with Crippen molar-refractivity contribution in [2.45, 2.75) is 37.8 Å². The maximum atomic E-state index is 15.8. The van der Waals surface area contributed by atoms with Crippen molar-refractivity contribution >= 4 is 72.2 Å². The average Bonchev–Trinajstić information content (AvgIpc) is 3.56. The summed E-state index contributed by atoms with van der Waals surface area (Å²) in [5.74, 6) is -0.0741. The Balaban J connectivity index is 1.39. The van der Waals surface area contributed by atoms with E-state index in [-0.39, 0.29) is 53.1 Å². The number of nitrogens with zero attached hydrogens (tertiary/aromatic N) is 8. The molecule has 2 aliphatic heterocycles. The second kappa shape index (κ2) is 10.5. The maximum Gasteiger partial charge on any atom is 0.387 e. The van der Waals surface area contributed by atoms with Crippen molar-refractivity contribution in [1.29, 1.82) is 0 Å². The van der Waals surface area contributed by atoms with Gasteiger partial charge in [-0.05, 0) is 0 Å². The number of rotatable bonds is 1. The first-order chi connectivity index (χ1) is 19.4. The van der Waals surface area contributed by atoms with Crippen LogP contribution >= 0.6 is 38.1 Å². The third-order valence-corrected chi connectivity index (χ3v) is 9.35. The van der Waals surface area contributed by atoms with E-state index in [9.17, 15) is 13.9 Å². The van der Waals surface area contributed by atoms with Crippen molar-refractivity contribution in [3.8, 4) is 0 Å². The second-order valence-electron chi connectivity index (χ2n) is 8.69. The quantitative estimate of drug-likeness (QED) is 0.141. The summed E-state index contributed by atoms with van der Waals surface area (Å²) >= 11 is 7.98. The fraction of sp³-hybridized carbons (Fsp3) is 0.471. The molecule has 5 N–H and O–H groups in total. The molecule has 0 amide bonds. The van der Waals surface area contributed by atoms with Gasteiger partial charge in [0.1, 0.15) is 31.0 Å². The Kier molecular flexibility index (Phi) is 7.32. The van der Waals surface area contributed by atoms with Crippen LogP contribution in [0.4, 0.5) is 16.2 Å². The number of imidazole rings is 1. The van der Waals surface area contributed by atoms with Crippen LogP contribution in [0.25, 0.3) is 22.3 Å². The minimum Gasteiger partial charge on any atom is -0.382 e. The number of nitrogens with one attached hydrogen (secondary N) is 1. The molecule has 2 unspecified atom stereocenters. The van der Waals surface area contributed by atoms with E-state index in [2.05, 4.69) is 59.7 Å². The molecule has 4 aromatic rings. The van der Waals surface area contributed by atoms with Gasteiger partial charge in [-0.25, -0.2) is 28.5 Å². The molecule has 6 atom stereocenters. The van der Waals surface area contributed by atoms with Crippen LogP contribution in [-0.2, 0) is 45.1 Å². The number of hydrogen-bond donors (Lipinski definition) is 5. The van der Waals surface area contributed by atoms with Gasteiger partial charge in [-0.3, -0.25) is 27.9 Å². The molecule has 2 bridgehead atoms. The van der Waals surface area contributed by atoms with Crippen molar-refractivity contribution in [2.24, 2.45) is 0 Å². The zero-order valence-electron chi connectivity index (χ0n) is 20.4. The van der Waals surface area contributed by atoms with Gasteiger partial charge in [-0.2, -0.15) is 9.67 Å². The number of aromatic amines is 1. The largest absolute Gasteiger partial charge is 0.387 e. The number of nitrogen functional groups attached to an aromatic ring is 2. The van der Waals surface area contributed by atoms with Gasteiger partial charge in [0.05, 0.1) is 13.2 Å². The number of anilines is 2. The molecule has 1 saturated heterocycles. The molecule has 41 heavy (non-hydrogen) atoms. The van der Waals surface area contributed by atoms with Gasteiger partial charge >= 0.3 is 13.6 Å². The molecule has 0 aromatic carbocycles. The highest BCUT2D eigenvalue weighted by atomic mass is 32.7. The third-order valence-electron chi connectivity index (χ3n) is 6.08. The SMILES string of the molecule is Nc1nc2c(nnn2[C@@H]2O[C@@H]3COP(=O)(S)OCCn4c(nc5c(N)ncnc54)COP(=O)(S)O[C@@H]2[C@@H]3F)c(=O)[nH]1. The molecular formula is C17H20FN11O8P2S2. The maximum absolute atomic E-state index is 15.8. The van der Waals surface area contributed by atoms with E-state index in [4.69, 9.17) is 34.3 Å². The van der Waals surface area contributed by atoms with Gasteiger partial charge in [-0.1, -0.05) is 29.7 Å². The number of H-pyrrole nitrogens is 1. The van der Waals surface area contributed by atoms with Crippen molar-refractivity contribution in [3.05, 3.63) is 22.5 Å². The summed E-state index contributed by atoms with van der Waals surface area (Å²) in [6, 6.07) is 0. The number of thiol groups is 2. The standard InChI is InChI=1S/C17H20FN11O8P2S2/c18-8-6-3-34-38(31,40)33-2-1-28-7(23-9-12(19)21-5-22-13(9)28)4-35-39(32,41)37-11(8)16(36-6)29-14-10(26-27-29)15(30)25-17(20)24-14/h5-6,8,11,16H,1-4H2,(H,31,40)(H,32,41)(H2,19,21,22)(H3,20,24,25,30)/t6-,8-,11-,16-,38?,39?/m1/s1. The topological polar surface area (TPSA) is 252 Å². The number of fused-ring (bicyclic) bond motifs is 6. The lowest BCUT2D eigenvalue weighted by atomic mass is 10.1. The molecule has 1 fully saturated rings. The lowest BCUT2D eigenvalue weighted by Gasteiger charge is -2.23. The fourth-order valence-electron chi connectivity index (χ4n) is 4.29. The summed E-state index contributed by atoms with van der Waals surface area (Å²) in [6.45, 7) is -9.73. The highest BCUT2D eigenvalue weighted by molar-refractivity contribution is 8.44. The number of ether oxygens (including phenoxy) is 1. The first kappa shape index (κ1) is 28.4. The first-order valence-corrected chi connectivity index (χ1v) is 16.9. The van der Waals surface area contributed by atoms with Crippen LogP contribution in [0.1, 0.15) is 12.1 Å². The molecule has 220 valence electrons. The van der Waals surface area contributed by atoms with E-state index in [0.717, 1.165) is 4.68 Å². The summed E-state index contributed by atoms with van der Waals surface area (Å²) in [4.78, 5) is 30.9. The van der Waals surface area contributed by atoms with Crippen LogP contribution in [0.3, 0.4) is 0 Å². The summed E-state index contributed by atoms with van der Waals surface area (Å²) < 4.78 is 71.8. The van der Waals surface area contributed by atoms with Crippen molar-refractivity contribution < 1.29 is 36.4 Å². The Morgan fingerprint density at radius 1 is 1.07 bits per heavy atom. The number of alkyl halides is 1. The monoisotopic (exact) mass is 651 g/mol. The predicted octanol–water partition coefficient (Wildman–Crippen LogP) is 0.779. The summed E-state index contributed by atoms with van der Waals surface area (Å²) in [5, 5.41) is 7.57. The average molecular weight is 651 g/mol. The lowest BCUT2D eigenvalue weighted by molar-refractivity contribution is -0.0512. The van der Waals surface area contributed by atoms with Gasteiger partial charge < -0.3 is 20.8 Å². The minimum absolute atomic E-state index is 0.0162. The Morgan fingerprint density at radius 2 is 1.88 bits per heavy atom. The van der Waals surface area contributed by atoms with Crippen LogP contribution in [0.15, 0.2) is 11.1 Å². The Bertz CT molecular complexity index is 1800. The van der Waals surface area contributed by atoms with Crippen molar-refractivity contribution in [1.82, 2.24) is 44.5 Å². The molecule has 0 radical (unpaired) electrons. The minimum atomic E-state index is -4.38. The number of aromatic nitrogens is 9. The summed E-state index contributed by atoms with van der Waals surface area (Å²) in [6.07, 6.45) is -5.60. The van der Waals surface area contributed by atoms with Gasteiger partial charge in [0.25, 0.3) is 5.56 Å². The van der Waals surface area contributed by atoms with Gasteiger partial charge in [0, 0.05) is 6.54 Å². The van der Waals surface area contributed by atoms with Crippen molar-refractivity contribution in [2.75, 3.05) is 24.7 Å². The third kappa shape index (κ3) is 5.46. The van der Waals surface area contributed by atoms with Crippen LogP contribution in [0.2, 0.25) is 0 Å². The molecular weight excluding hydrogens is 631 g/mol. The van der Waals surface area contributed by atoms with Gasteiger partial charge in [-0.15, -0.1) is 5.10 Å². The Morgan fingerprint density at radius 3 is 2.68 bits per heavy atom. The van der Waals surface area contributed by atoms with E-state index in [0.29, 0.717) is 0 Å². The van der Waals surface area contributed by atoms with Crippen LogP contribution in [0.5, 0.6) is 0 Å². The normalized spacial score (nSPS) is 31.6. The van der Waals surface area contributed by atoms with E-state index in [1.165, 1.54) is 10.9 Å². The van der Waals surface area contributed by atoms with Gasteiger partial charge in [0.15, 0.2) is 40.5 Å². The molecule has 6 rings (SSSR count). The van der Waals surface area contributed by atoms with E-state index >= 15 is 4.39 Å². The van der Waals surface area contributed by atoms with Crippen LogP contribution in [0, 0.1) is 0 Å².